The molecule has 0 bridgehead atoms. The molecule has 1 aromatic heterocycles. The van der Waals surface area contributed by atoms with Crippen LogP contribution in [0.25, 0.3) is 5.57 Å². The summed E-state index contributed by atoms with van der Waals surface area (Å²) >= 11 is 0. The van der Waals surface area contributed by atoms with Crippen molar-refractivity contribution in [1.82, 2.24) is 30.0 Å². The molecule has 1 aliphatic carbocycles. The Bertz CT molecular complexity index is 2120. The van der Waals surface area contributed by atoms with E-state index in [1.807, 2.05) is 36.9 Å². The van der Waals surface area contributed by atoms with Gasteiger partial charge in [0, 0.05) is 87.6 Å². The molecule has 15 nitrogen and oxygen atoms in total. The van der Waals surface area contributed by atoms with E-state index in [9.17, 15) is 24.0 Å². The first kappa shape index (κ1) is 37.1. The molecular formula is C41H49N9O6. The minimum Gasteiger partial charge on any atom is -0.489 e. The highest BCUT2D eigenvalue weighted by Gasteiger charge is 2.42. The zero-order valence-corrected chi connectivity index (χ0v) is 31.9. The van der Waals surface area contributed by atoms with Crippen LogP contribution >= 0.6 is 0 Å². The lowest BCUT2D eigenvalue weighted by Gasteiger charge is -2.49. The minimum atomic E-state index is -0.624. The number of ether oxygens (including phenoxy) is 1. The summed E-state index contributed by atoms with van der Waals surface area (Å²) in [7, 11) is 2.20. The molecule has 4 aliphatic heterocycles. The lowest BCUT2D eigenvalue weighted by molar-refractivity contribution is -0.137. The summed E-state index contributed by atoms with van der Waals surface area (Å²) in [4.78, 5) is 81.1. The zero-order valence-electron chi connectivity index (χ0n) is 31.9. The normalized spacial score (nSPS) is 22.7. The average Bonchev–Trinajstić information content (AvgIpc) is 3.66. The summed E-state index contributed by atoms with van der Waals surface area (Å²) in [6.07, 6.45) is 8.41. The van der Waals surface area contributed by atoms with Crippen LogP contribution in [0.1, 0.15) is 91.5 Å². The molecule has 1 saturated carbocycles. The number of hydrogen-bond donors (Lipinski definition) is 3. The number of imide groups is 1. The maximum Gasteiger partial charge on any atom is 0.261 e. The molecule has 2 saturated heterocycles. The van der Waals surface area contributed by atoms with Crippen molar-refractivity contribution in [2.45, 2.75) is 95.7 Å². The fourth-order valence-electron chi connectivity index (χ4n) is 8.74. The second-order valence-electron chi connectivity index (χ2n) is 15.6. The number of carbonyl (C=O) groups excluding carboxylic acids is 5. The molecule has 5 heterocycles. The number of amides is 5. The lowest BCUT2D eigenvalue weighted by atomic mass is 9.88. The number of nitrogens with two attached hydrogens (primary N) is 1. The first-order valence-electron chi connectivity index (χ1n) is 19.4. The second-order valence-corrected chi connectivity index (χ2v) is 15.6. The number of rotatable bonds is 10. The third-order valence-corrected chi connectivity index (χ3v) is 11.9. The van der Waals surface area contributed by atoms with Crippen molar-refractivity contribution in [2.75, 3.05) is 30.4 Å². The summed E-state index contributed by atoms with van der Waals surface area (Å²) in [6, 6.07) is 11.4. The monoisotopic (exact) mass is 763 g/mol. The summed E-state index contributed by atoms with van der Waals surface area (Å²) in [6.45, 7) is 6.36. The second kappa shape index (κ2) is 15.0. The number of piperidine rings is 1. The van der Waals surface area contributed by atoms with E-state index in [4.69, 9.17) is 10.5 Å². The Morgan fingerprint density at radius 2 is 1.64 bits per heavy atom. The van der Waals surface area contributed by atoms with Crippen molar-refractivity contribution < 1.29 is 30.1 Å². The smallest absolute Gasteiger partial charge is 0.261 e. The molecule has 4 N–H and O–H groups in total. The minimum absolute atomic E-state index is 0. The van der Waals surface area contributed by atoms with E-state index < -0.39 is 17.9 Å². The molecule has 5 amide bonds. The Balaban J connectivity index is 0.00000496. The molecule has 15 heteroatoms. The van der Waals surface area contributed by atoms with E-state index in [-0.39, 0.29) is 49.1 Å². The van der Waals surface area contributed by atoms with Crippen LogP contribution in [0.4, 0.5) is 11.4 Å². The van der Waals surface area contributed by atoms with Gasteiger partial charge in [0.05, 0.1) is 17.4 Å². The number of aromatic nitrogens is 2. The van der Waals surface area contributed by atoms with Gasteiger partial charge in [0.2, 0.25) is 11.8 Å². The van der Waals surface area contributed by atoms with E-state index >= 15 is 0 Å². The van der Waals surface area contributed by atoms with Crippen LogP contribution in [0, 0.1) is 0 Å². The van der Waals surface area contributed by atoms with Crippen molar-refractivity contribution in [3.63, 3.8) is 0 Å². The summed E-state index contributed by atoms with van der Waals surface area (Å²) in [5, 5.41) is 5.28. The molecule has 1 atom stereocenters. The van der Waals surface area contributed by atoms with E-state index in [0.29, 0.717) is 54.2 Å². The molecular weight excluding hydrogens is 715 g/mol. The standard InChI is InChI=1S/C41H47N9O6.H2/c1-23(2)56-35-17-31-25(16-33(35)45-38(52)32(18-42)37-43-13-4-14-44-37)19-49(41(31)55)27-7-5-26(6-8-27)47(3)29-21-48(22-29)28-9-10-30-24(15-28)20-50(40(30)54)34-11-12-36(51)46-39(34)53;/h4,9-10,13-18,23,26-27,29,34H,5-8,11-12,19-22,42H2,1-3H3,(H,45,52)(H,46,51,53);1H/b32-18+;. The zero-order chi connectivity index (χ0) is 39.2. The van der Waals surface area contributed by atoms with Crippen LogP contribution in [0.5, 0.6) is 5.75 Å². The highest BCUT2D eigenvalue weighted by Crippen LogP contribution is 2.39. The summed E-state index contributed by atoms with van der Waals surface area (Å²) in [5.41, 5.74) is 10.4. The first-order valence-corrected chi connectivity index (χ1v) is 19.4. The van der Waals surface area contributed by atoms with Gasteiger partial charge >= 0.3 is 0 Å². The number of anilines is 2. The van der Waals surface area contributed by atoms with Crippen LogP contribution in [0.15, 0.2) is 55.0 Å². The van der Waals surface area contributed by atoms with Crippen LogP contribution in [0.2, 0.25) is 0 Å². The Labute approximate surface area is 326 Å². The third-order valence-electron chi connectivity index (χ3n) is 11.9. The average molecular weight is 764 g/mol. The number of fused-ring (bicyclic) bond motifs is 2. The Hall–Kier alpha value is -5.83. The molecule has 1 unspecified atom stereocenters. The van der Waals surface area contributed by atoms with Gasteiger partial charge in [-0.3, -0.25) is 34.2 Å². The Morgan fingerprint density at radius 1 is 0.946 bits per heavy atom. The summed E-state index contributed by atoms with van der Waals surface area (Å²) in [5.74, 6) is -0.739. The fraction of sp³-hybridized carbons (Fsp3) is 0.439. The van der Waals surface area contributed by atoms with E-state index in [2.05, 4.69) is 43.5 Å². The van der Waals surface area contributed by atoms with Gasteiger partial charge in [-0.2, -0.15) is 0 Å². The number of nitrogens with one attached hydrogen (secondary N) is 2. The number of benzene rings is 2. The predicted octanol–water partition coefficient (Wildman–Crippen LogP) is 3.30. The molecule has 56 heavy (non-hydrogen) atoms. The van der Waals surface area contributed by atoms with Gasteiger partial charge in [0.15, 0.2) is 5.82 Å². The number of likely N-dealkylation sites (N-methyl/N-ethyl adjacent to an activating group) is 1. The highest BCUT2D eigenvalue weighted by atomic mass is 16.5. The van der Waals surface area contributed by atoms with Crippen LogP contribution < -0.4 is 26.0 Å². The van der Waals surface area contributed by atoms with E-state index in [0.717, 1.165) is 55.6 Å². The van der Waals surface area contributed by atoms with E-state index in [1.54, 1.807) is 29.4 Å². The quantitative estimate of drug-likeness (QED) is 0.204. The van der Waals surface area contributed by atoms with Crippen molar-refractivity contribution in [3.05, 3.63) is 83.1 Å². The van der Waals surface area contributed by atoms with Gasteiger partial charge in [0.25, 0.3) is 17.7 Å². The van der Waals surface area contributed by atoms with Crippen molar-refractivity contribution >= 4 is 46.5 Å². The van der Waals surface area contributed by atoms with Gasteiger partial charge < -0.3 is 30.5 Å². The molecule has 2 aromatic carbocycles. The van der Waals surface area contributed by atoms with Crippen molar-refractivity contribution in [1.29, 1.82) is 0 Å². The molecule has 3 fully saturated rings. The van der Waals surface area contributed by atoms with Gasteiger partial charge in [-0.25, -0.2) is 9.97 Å². The number of carbonyl (C=O) groups is 5. The van der Waals surface area contributed by atoms with Gasteiger partial charge in [-0.1, -0.05) is 0 Å². The highest BCUT2D eigenvalue weighted by molar-refractivity contribution is 6.24. The Morgan fingerprint density at radius 3 is 2.34 bits per heavy atom. The maximum absolute atomic E-state index is 13.8. The molecule has 0 radical (unpaired) electrons. The summed E-state index contributed by atoms with van der Waals surface area (Å²) < 4.78 is 6.08. The third kappa shape index (κ3) is 6.95. The van der Waals surface area contributed by atoms with Gasteiger partial charge in [-0.15, -0.1) is 0 Å². The number of nitrogens with zero attached hydrogens (tertiary/aromatic N) is 6. The molecule has 8 rings (SSSR count). The van der Waals surface area contributed by atoms with E-state index in [1.165, 1.54) is 6.20 Å². The largest absolute Gasteiger partial charge is 0.489 e. The molecule has 294 valence electrons. The topological polar surface area (TPSA) is 183 Å². The number of hydrogen-bond acceptors (Lipinski definition) is 11. The molecule has 0 spiro atoms. The van der Waals surface area contributed by atoms with Crippen molar-refractivity contribution in [3.8, 4) is 5.75 Å². The van der Waals surface area contributed by atoms with Crippen LogP contribution in [0.3, 0.4) is 0 Å². The maximum atomic E-state index is 13.8. The van der Waals surface area contributed by atoms with Gasteiger partial charge in [-0.05, 0) is 101 Å². The predicted molar refractivity (Wildman–Crippen MR) is 209 cm³/mol. The first-order chi connectivity index (χ1) is 27.0. The Kier molecular flexibility index (Phi) is 9.95. The van der Waals surface area contributed by atoms with Crippen molar-refractivity contribution in [2.24, 2.45) is 5.73 Å². The molecule has 5 aliphatic rings. The SMILES string of the molecule is CC(C)Oc1cc2c(cc1NC(=O)/C(=C/N)c1ncccn1)CN(C1CCC(N(C)C3CN(c4ccc5c(c4)CN(C4CCC(=O)NC4=O)C5=O)C3)CC1)C2=O.[HH]. The lowest BCUT2D eigenvalue weighted by Crippen LogP contribution is -2.61. The van der Waals surface area contributed by atoms with Crippen LogP contribution in [-0.2, 0) is 27.5 Å². The molecule has 3 aromatic rings. The van der Waals surface area contributed by atoms with Crippen LogP contribution in [-0.4, -0.2) is 105 Å². The van der Waals surface area contributed by atoms with Gasteiger partial charge in [0.1, 0.15) is 11.8 Å². The fourth-order valence-corrected chi connectivity index (χ4v) is 8.74.